The van der Waals surface area contributed by atoms with Crippen LogP contribution in [-0.4, -0.2) is 21.4 Å². The van der Waals surface area contributed by atoms with Crippen LogP contribution in [0.5, 0.6) is 11.5 Å². The van der Waals surface area contributed by atoms with E-state index in [1.54, 1.807) is 6.92 Å². The smallest absolute Gasteiger partial charge is 0.135 e. The van der Waals surface area contributed by atoms with Crippen molar-refractivity contribution in [1.29, 1.82) is 0 Å². The van der Waals surface area contributed by atoms with E-state index in [9.17, 15) is 19.2 Å². The summed E-state index contributed by atoms with van der Waals surface area (Å²) >= 11 is -0.262. The second-order valence-corrected chi connectivity index (χ2v) is 3.83. The van der Waals surface area contributed by atoms with Crippen molar-refractivity contribution in [2.75, 3.05) is 0 Å². The number of phenols is 2. The normalized spacial score (nSPS) is 14.9. The number of hydrogen-bond donors (Lipinski definition) is 4. The lowest BCUT2D eigenvalue weighted by atomic mass is 10.0. The molecule has 1 aromatic carbocycles. The molecule has 6 heteroatoms. The number of aliphatic hydroxyl groups is 1. The van der Waals surface area contributed by atoms with E-state index in [4.69, 9.17) is 5.73 Å². The third kappa shape index (κ3) is 2.53. The lowest BCUT2D eigenvalue weighted by molar-refractivity contribution is 0.152. The highest BCUT2D eigenvalue weighted by Gasteiger charge is 2.17. The molecule has 0 radical (unpaired) electrons. The minimum absolute atomic E-state index is 0.248. The highest BCUT2D eigenvalue weighted by molar-refractivity contribution is 7.94. The molecule has 0 fully saturated rings. The van der Waals surface area contributed by atoms with Gasteiger partial charge in [0.05, 0.1) is 18.3 Å². The number of hydrogen-bond acceptors (Lipinski definition) is 5. The Hall–Kier alpha value is -0.980. The van der Waals surface area contributed by atoms with Gasteiger partial charge in [-0.05, 0) is 24.6 Å². The average molecular weight is 233 g/mol. The number of aromatic hydroxyl groups is 2. The number of halogens is 1. The molecule has 2 unspecified atom stereocenters. The molecule has 2 atom stereocenters. The average Bonchev–Trinajstić information content (AvgIpc) is 2.15. The molecular formula is C9H12FNO3S. The zero-order valence-electron chi connectivity index (χ0n) is 8.01. The quantitative estimate of drug-likeness (QED) is 0.635. The summed E-state index contributed by atoms with van der Waals surface area (Å²) in [5, 5.41) is 28.2. The minimum Gasteiger partial charge on any atom is -0.507 e. The van der Waals surface area contributed by atoms with Crippen molar-refractivity contribution in [2.24, 2.45) is 5.73 Å². The van der Waals surface area contributed by atoms with Gasteiger partial charge >= 0.3 is 0 Å². The van der Waals surface area contributed by atoms with Crippen LogP contribution in [0, 0.1) is 0 Å². The Morgan fingerprint density at radius 2 is 1.80 bits per heavy atom. The van der Waals surface area contributed by atoms with Crippen LogP contribution >= 0.6 is 12.1 Å². The fourth-order valence-electron chi connectivity index (χ4n) is 1.17. The summed E-state index contributed by atoms with van der Waals surface area (Å²) < 4.78 is 12.2. The van der Waals surface area contributed by atoms with E-state index in [1.807, 2.05) is 0 Å². The molecule has 0 aliphatic heterocycles. The molecule has 5 N–H and O–H groups in total. The van der Waals surface area contributed by atoms with E-state index >= 15 is 0 Å². The summed E-state index contributed by atoms with van der Waals surface area (Å²) in [7, 11) is 0. The number of aliphatic hydroxyl groups excluding tert-OH is 1. The second-order valence-electron chi connectivity index (χ2n) is 3.27. The Bertz CT molecular complexity index is 336. The molecule has 1 rings (SSSR count). The topological polar surface area (TPSA) is 86.7 Å². The fourth-order valence-corrected chi connectivity index (χ4v) is 1.45. The van der Waals surface area contributed by atoms with E-state index in [1.165, 1.54) is 12.1 Å². The van der Waals surface area contributed by atoms with Crippen molar-refractivity contribution in [1.82, 2.24) is 0 Å². The van der Waals surface area contributed by atoms with Gasteiger partial charge in [-0.3, -0.25) is 0 Å². The van der Waals surface area contributed by atoms with Gasteiger partial charge in [0.1, 0.15) is 16.4 Å². The van der Waals surface area contributed by atoms with Crippen LogP contribution in [0.2, 0.25) is 0 Å². The highest BCUT2D eigenvalue weighted by Crippen LogP contribution is 2.39. The van der Waals surface area contributed by atoms with Gasteiger partial charge in [0.15, 0.2) is 0 Å². The van der Waals surface area contributed by atoms with Gasteiger partial charge in [-0.1, -0.05) is 0 Å². The summed E-state index contributed by atoms with van der Waals surface area (Å²) in [6, 6.07) is 1.80. The van der Waals surface area contributed by atoms with Gasteiger partial charge < -0.3 is 21.1 Å². The maximum Gasteiger partial charge on any atom is 0.135 e. The largest absolute Gasteiger partial charge is 0.507 e. The molecule has 84 valence electrons. The first-order valence-corrected chi connectivity index (χ1v) is 4.97. The summed E-state index contributed by atoms with van der Waals surface area (Å²) in [6.45, 7) is 1.58. The Balaban J connectivity index is 3.14. The maximum absolute atomic E-state index is 12.2. The maximum atomic E-state index is 12.2. The van der Waals surface area contributed by atoms with E-state index < -0.39 is 23.6 Å². The monoisotopic (exact) mass is 233 g/mol. The lowest BCUT2D eigenvalue weighted by Crippen LogP contribution is -2.24. The van der Waals surface area contributed by atoms with Crippen molar-refractivity contribution < 1.29 is 19.2 Å². The molecule has 0 aliphatic rings. The predicted molar refractivity (Wildman–Crippen MR) is 55.3 cm³/mol. The highest BCUT2D eigenvalue weighted by atomic mass is 32.2. The van der Waals surface area contributed by atoms with E-state index in [0.717, 1.165) is 0 Å². The van der Waals surface area contributed by atoms with Gasteiger partial charge in [0, 0.05) is 6.04 Å². The van der Waals surface area contributed by atoms with E-state index in [2.05, 4.69) is 0 Å². The molecule has 15 heavy (non-hydrogen) atoms. The van der Waals surface area contributed by atoms with Crippen molar-refractivity contribution in [2.45, 2.75) is 24.0 Å². The Morgan fingerprint density at radius 3 is 2.13 bits per heavy atom. The third-order valence-corrected chi connectivity index (χ3v) is 2.56. The number of phenolic OH excluding ortho intramolecular Hbond substituents is 2. The number of benzene rings is 1. The predicted octanol–water partition coefficient (Wildman–Crippen LogP) is 1.46. The third-order valence-electron chi connectivity index (χ3n) is 1.99. The van der Waals surface area contributed by atoms with E-state index in [0.29, 0.717) is 0 Å². The van der Waals surface area contributed by atoms with Crippen LogP contribution < -0.4 is 5.73 Å². The van der Waals surface area contributed by atoms with Crippen molar-refractivity contribution in [3.8, 4) is 11.5 Å². The van der Waals surface area contributed by atoms with Crippen molar-refractivity contribution in [3.63, 3.8) is 0 Å². The first kappa shape index (κ1) is 12.1. The number of nitrogens with two attached hydrogens (primary N) is 1. The summed E-state index contributed by atoms with van der Waals surface area (Å²) in [5.41, 5.74) is 5.69. The molecule has 0 bridgehead atoms. The first-order valence-electron chi connectivity index (χ1n) is 4.25. The van der Waals surface area contributed by atoms with Crippen LogP contribution in [0.25, 0.3) is 0 Å². The molecule has 1 aromatic rings. The molecule has 4 nitrogen and oxygen atoms in total. The van der Waals surface area contributed by atoms with Crippen LogP contribution in [-0.2, 0) is 0 Å². The molecule has 0 heterocycles. The Labute approximate surface area is 90.8 Å². The van der Waals surface area contributed by atoms with Crippen LogP contribution in [0.1, 0.15) is 18.6 Å². The van der Waals surface area contributed by atoms with Crippen LogP contribution in [0.15, 0.2) is 17.0 Å². The zero-order chi connectivity index (χ0) is 11.6. The lowest BCUT2D eigenvalue weighted by Gasteiger charge is -2.16. The Morgan fingerprint density at radius 1 is 1.33 bits per heavy atom. The molecule has 0 saturated heterocycles. The van der Waals surface area contributed by atoms with Crippen molar-refractivity contribution >= 4 is 12.1 Å². The van der Waals surface area contributed by atoms with Crippen LogP contribution in [0.4, 0.5) is 3.89 Å². The molecule has 0 aliphatic carbocycles. The second kappa shape index (κ2) is 4.69. The minimum atomic E-state index is -1.01. The Kier molecular flexibility index (Phi) is 3.78. The fraction of sp³-hybridized carbons (Fsp3) is 0.333. The summed E-state index contributed by atoms with van der Waals surface area (Å²) in [6.07, 6.45) is -1.01. The zero-order valence-corrected chi connectivity index (χ0v) is 8.83. The summed E-state index contributed by atoms with van der Waals surface area (Å²) in [5.74, 6) is -0.839. The van der Waals surface area contributed by atoms with Gasteiger partial charge in [-0.25, -0.2) is 0 Å². The first-order chi connectivity index (χ1) is 6.97. The molecule has 0 amide bonds. The van der Waals surface area contributed by atoms with Gasteiger partial charge in [-0.2, -0.15) is 3.89 Å². The van der Waals surface area contributed by atoms with E-state index in [-0.39, 0.29) is 22.6 Å². The molecular weight excluding hydrogens is 221 g/mol. The SMILES string of the molecule is CC(N)C(O)c1cc(O)c(SF)c(O)c1. The molecule has 0 spiro atoms. The summed E-state index contributed by atoms with van der Waals surface area (Å²) in [4.78, 5) is -0.268. The molecule has 0 saturated carbocycles. The molecule has 0 aromatic heterocycles. The van der Waals surface area contributed by atoms with Crippen LogP contribution in [0.3, 0.4) is 0 Å². The standard InChI is InChI=1S/C9H12FNO3S/c1-4(11)8(14)5-2-6(12)9(15-10)7(13)3-5/h2-4,8,12-14H,11H2,1H3. The van der Waals surface area contributed by atoms with Gasteiger partial charge in [0.2, 0.25) is 0 Å². The van der Waals surface area contributed by atoms with Gasteiger partial charge in [0.25, 0.3) is 0 Å². The number of rotatable bonds is 3. The van der Waals surface area contributed by atoms with Gasteiger partial charge in [-0.15, -0.1) is 0 Å². The van der Waals surface area contributed by atoms with Crippen molar-refractivity contribution in [3.05, 3.63) is 17.7 Å².